The van der Waals surface area contributed by atoms with Crippen molar-refractivity contribution in [2.75, 3.05) is 50.4 Å². The van der Waals surface area contributed by atoms with Crippen LogP contribution in [0.15, 0.2) is 42.5 Å². The first kappa shape index (κ1) is 29.5. The molecule has 1 atom stereocenters. The largest absolute Gasteiger partial charge is 0.353 e. The van der Waals surface area contributed by atoms with Gasteiger partial charge in [-0.25, -0.2) is 0 Å². The number of carbonyl (C=O) groups is 1. The number of fused-ring (bicyclic) bond motifs is 2. The molecule has 3 aromatic rings. The van der Waals surface area contributed by atoms with Crippen LogP contribution >= 0.6 is 11.5 Å². The summed E-state index contributed by atoms with van der Waals surface area (Å²) < 4.78 is 31.9. The van der Waals surface area contributed by atoms with Crippen LogP contribution in [0.1, 0.15) is 44.4 Å². The second kappa shape index (κ2) is 11.9. The maximum Gasteiger partial charge on any atom is 0.261 e. The van der Waals surface area contributed by atoms with E-state index in [1.807, 2.05) is 4.90 Å². The van der Waals surface area contributed by atoms with Crippen molar-refractivity contribution in [3.63, 3.8) is 0 Å². The van der Waals surface area contributed by atoms with Gasteiger partial charge in [0, 0.05) is 63.0 Å². The van der Waals surface area contributed by atoms with E-state index >= 15 is 0 Å². The SMILES string of the molecule is CCN(C(C)=O)C1Cc2ccc(CCN3CCN(c4nsc5ccccc45)CC3)cc2C1(C)C.CS(=O)(=O)O. The molecule has 10 heteroatoms. The molecule has 1 unspecified atom stereocenters. The lowest BCUT2D eigenvalue weighted by Crippen LogP contribution is -2.47. The summed E-state index contributed by atoms with van der Waals surface area (Å²) in [5, 5.41) is 1.28. The molecule has 0 saturated carbocycles. The summed E-state index contributed by atoms with van der Waals surface area (Å²) in [5.41, 5.74) is 4.22. The zero-order chi connectivity index (χ0) is 28.4. The van der Waals surface area contributed by atoms with Crippen LogP contribution in [0.5, 0.6) is 0 Å². The molecule has 2 aromatic carbocycles. The summed E-state index contributed by atoms with van der Waals surface area (Å²) in [6.45, 7) is 14.5. The number of nitrogens with zero attached hydrogens (tertiary/aromatic N) is 4. The first-order valence-corrected chi connectivity index (χ1v) is 16.1. The van der Waals surface area contributed by atoms with Crippen molar-refractivity contribution in [3.05, 3.63) is 59.2 Å². The molecule has 2 heterocycles. The highest BCUT2D eigenvalue weighted by molar-refractivity contribution is 7.85. The Morgan fingerprint density at radius 2 is 1.82 bits per heavy atom. The van der Waals surface area contributed by atoms with Crippen LogP contribution < -0.4 is 4.90 Å². The Kier molecular flexibility index (Phi) is 9.00. The van der Waals surface area contributed by atoms with Gasteiger partial charge in [0.25, 0.3) is 10.1 Å². The van der Waals surface area contributed by atoms with Crippen LogP contribution in [-0.2, 0) is 33.2 Å². The summed E-state index contributed by atoms with van der Waals surface area (Å²) in [7, 11) is -3.67. The van der Waals surface area contributed by atoms with Crippen LogP contribution in [0.4, 0.5) is 5.82 Å². The fourth-order valence-electron chi connectivity index (χ4n) is 5.93. The molecule has 212 valence electrons. The highest BCUT2D eigenvalue weighted by atomic mass is 32.2. The molecule has 0 spiro atoms. The predicted molar refractivity (Wildman–Crippen MR) is 159 cm³/mol. The molecular weight excluding hydrogens is 532 g/mol. The van der Waals surface area contributed by atoms with Crippen LogP contribution in [0, 0.1) is 0 Å². The summed E-state index contributed by atoms with van der Waals surface area (Å²) in [5.74, 6) is 1.33. The molecule has 1 fully saturated rings. The van der Waals surface area contributed by atoms with Gasteiger partial charge in [0.1, 0.15) is 5.82 Å². The average Bonchev–Trinajstić information content (AvgIpc) is 3.41. The van der Waals surface area contributed by atoms with Gasteiger partial charge in [-0.05, 0) is 60.1 Å². The van der Waals surface area contributed by atoms with E-state index in [-0.39, 0.29) is 17.4 Å². The monoisotopic (exact) mass is 572 g/mol. The van der Waals surface area contributed by atoms with Crippen LogP contribution in [0.25, 0.3) is 10.1 Å². The highest BCUT2D eigenvalue weighted by Gasteiger charge is 2.43. The van der Waals surface area contributed by atoms with Crippen molar-refractivity contribution in [1.82, 2.24) is 14.2 Å². The van der Waals surface area contributed by atoms with E-state index in [4.69, 9.17) is 8.93 Å². The Bertz CT molecular complexity index is 1400. The number of carbonyl (C=O) groups excluding carboxylic acids is 1. The lowest BCUT2D eigenvalue weighted by atomic mass is 9.81. The normalized spacial score (nSPS) is 18.9. The zero-order valence-electron chi connectivity index (χ0n) is 23.6. The Morgan fingerprint density at radius 1 is 1.15 bits per heavy atom. The molecule has 39 heavy (non-hydrogen) atoms. The van der Waals surface area contributed by atoms with Crippen molar-refractivity contribution in [2.45, 2.75) is 52.0 Å². The minimum Gasteiger partial charge on any atom is -0.353 e. The number of piperazine rings is 1. The van der Waals surface area contributed by atoms with Gasteiger partial charge in [0.05, 0.1) is 11.0 Å². The smallest absolute Gasteiger partial charge is 0.261 e. The summed E-state index contributed by atoms with van der Waals surface area (Å²) in [6.07, 6.45) is 2.74. The predicted octanol–water partition coefficient (Wildman–Crippen LogP) is 4.24. The van der Waals surface area contributed by atoms with E-state index in [0.717, 1.165) is 57.9 Å². The van der Waals surface area contributed by atoms with Gasteiger partial charge in [-0.2, -0.15) is 12.8 Å². The van der Waals surface area contributed by atoms with E-state index in [0.29, 0.717) is 6.26 Å². The Balaban J connectivity index is 0.000000648. The van der Waals surface area contributed by atoms with Gasteiger partial charge < -0.3 is 9.80 Å². The van der Waals surface area contributed by atoms with Gasteiger partial charge in [-0.1, -0.05) is 44.2 Å². The number of anilines is 1. The molecule has 1 aromatic heterocycles. The molecule has 1 saturated heterocycles. The Hall–Kier alpha value is -2.53. The van der Waals surface area contributed by atoms with E-state index in [2.05, 4.69) is 73.0 Å². The Morgan fingerprint density at radius 3 is 2.46 bits per heavy atom. The number of hydrogen-bond acceptors (Lipinski definition) is 7. The van der Waals surface area contributed by atoms with Crippen LogP contribution in [0.2, 0.25) is 0 Å². The maximum absolute atomic E-state index is 12.2. The number of amides is 1. The molecule has 1 aliphatic carbocycles. The first-order chi connectivity index (χ1) is 18.4. The van der Waals surface area contributed by atoms with Gasteiger partial charge in [-0.15, -0.1) is 0 Å². The third-order valence-corrected chi connectivity index (χ3v) is 8.80. The van der Waals surface area contributed by atoms with E-state index in [1.54, 1.807) is 18.5 Å². The quantitative estimate of drug-likeness (QED) is 0.442. The van der Waals surface area contributed by atoms with E-state index in [1.165, 1.54) is 26.8 Å². The lowest BCUT2D eigenvalue weighted by molar-refractivity contribution is -0.132. The fraction of sp³-hybridized carbons (Fsp3) is 0.517. The van der Waals surface area contributed by atoms with Crippen molar-refractivity contribution < 1.29 is 17.8 Å². The molecule has 0 bridgehead atoms. The average molecular weight is 573 g/mol. The number of rotatable bonds is 6. The van der Waals surface area contributed by atoms with Crippen molar-refractivity contribution in [1.29, 1.82) is 0 Å². The van der Waals surface area contributed by atoms with Crippen LogP contribution in [0.3, 0.4) is 0 Å². The number of hydrogen-bond donors (Lipinski definition) is 1. The summed E-state index contributed by atoms with van der Waals surface area (Å²) in [6, 6.07) is 15.8. The lowest BCUT2D eigenvalue weighted by Gasteiger charge is -2.37. The van der Waals surface area contributed by atoms with Gasteiger partial charge in [0.15, 0.2) is 0 Å². The summed E-state index contributed by atoms with van der Waals surface area (Å²) >= 11 is 1.60. The van der Waals surface area contributed by atoms with Crippen molar-refractivity contribution in [2.24, 2.45) is 0 Å². The van der Waals surface area contributed by atoms with Gasteiger partial charge in [0.2, 0.25) is 5.91 Å². The molecular formula is C29H40N4O4S2. The third-order valence-electron chi connectivity index (χ3n) is 7.98. The fourth-order valence-corrected chi connectivity index (χ4v) is 6.73. The molecule has 2 aliphatic rings. The van der Waals surface area contributed by atoms with Gasteiger partial charge in [-0.3, -0.25) is 14.2 Å². The molecule has 1 amide bonds. The molecule has 8 nitrogen and oxygen atoms in total. The number of aromatic nitrogens is 1. The minimum absolute atomic E-state index is 0.0189. The maximum atomic E-state index is 12.2. The number of likely N-dealkylation sites (N-methyl/N-ethyl adjacent to an activating group) is 1. The van der Waals surface area contributed by atoms with E-state index < -0.39 is 10.1 Å². The topological polar surface area (TPSA) is 94.1 Å². The third kappa shape index (κ3) is 6.98. The first-order valence-electron chi connectivity index (χ1n) is 13.5. The van der Waals surface area contributed by atoms with Crippen molar-refractivity contribution in [3.8, 4) is 0 Å². The van der Waals surface area contributed by atoms with Gasteiger partial charge >= 0.3 is 0 Å². The van der Waals surface area contributed by atoms with E-state index in [9.17, 15) is 13.2 Å². The van der Waals surface area contributed by atoms with Crippen molar-refractivity contribution >= 4 is 43.5 Å². The van der Waals surface area contributed by atoms with Crippen LogP contribution in [-0.4, -0.2) is 84.6 Å². The highest BCUT2D eigenvalue weighted by Crippen LogP contribution is 2.42. The molecule has 1 N–H and O–H groups in total. The molecule has 0 radical (unpaired) electrons. The molecule has 1 aliphatic heterocycles. The minimum atomic E-state index is -3.67. The summed E-state index contributed by atoms with van der Waals surface area (Å²) in [4.78, 5) is 19.3. The second-order valence-corrected chi connectivity index (χ2v) is 13.3. The Labute approximate surface area is 236 Å². The molecule has 5 rings (SSSR count). The zero-order valence-corrected chi connectivity index (χ0v) is 25.2. The number of benzene rings is 2. The standard InChI is InChI=1S/C28H36N4OS.CH4O3S/c1-5-32(20(2)33)26-19-22-11-10-21(18-24(22)28(26,3)4)12-13-30-14-16-31(17-15-30)27-23-8-6-7-9-25(23)34-29-27;1-5(2,3)4/h6-11,18,26H,5,12-17,19H2,1-4H3;1H3,(H,2,3,4). The second-order valence-electron chi connectivity index (χ2n) is 11.1.